The van der Waals surface area contributed by atoms with Gasteiger partial charge in [-0.05, 0) is 64.3 Å². The first-order valence-corrected chi connectivity index (χ1v) is 9.47. The molecule has 2 aromatic rings. The highest BCUT2D eigenvalue weighted by atomic mass is 79.9. The van der Waals surface area contributed by atoms with Crippen LogP contribution in [0, 0.1) is 0 Å². The van der Waals surface area contributed by atoms with E-state index in [1.165, 1.54) is 6.21 Å². The van der Waals surface area contributed by atoms with Crippen LogP contribution in [0.1, 0.15) is 31.7 Å². The molecule has 0 fully saturated rings. The fourth-order valence-corrected chi connectivity index (χ4v) is 2.49. The topological polar surface area (TPSA) is 79.8 Å². The summed E-state index contributed by atoms with van der Waals surface area (Å²) in [4.78, 5) is 23.7. The van der Waals surface area contributed by atoms with Gasteiger partial charge in [0.2, 0.25) is 11.8 Å². The van der Waals surface area contributed by atoms with Crippen molar-refractivity contribution in [2.24, 2.45) is 5.10 Å². The number of amides is 2. The fourth-order valence-electron chi connectivity index (χ4n) is 2.11. The second-order valence-corrected chi connectivity index (χ2v) is 6.62. The summed E-state index contributed by atoms with van der Waals surface area (Å²) in [5.74, 6) is -0.105. The molecule has 7 heteroatoms. The van der Waals surface area contributed by atoms with Crippen molar-refractivity contribution in [3.63, 3.8) is 0 Å². The Bertz CT molecular complexity index is 791. The van der Waals surface area contributed by atoms with Crippen LogP contribution in [0.2, 0.25) is 0 Å². The van der Waals surface area contributed by atoms with Crippen LogP contribution in [0.5, 0.6) is 5.75 Å². The monoisotopic (exact) mass is 431 g/mol. The summed E-state index contributed by atoms with van der Waals surface area (Å²) in [6.45, 7) is 2.81. The van der Waals surface area contributed by atoms with Gasteiger partial charge in [-0.25, -0.2) is 5.43 Å². The van der Waals surface area contributed by atoms with E-state index in [2.05, 4.69) is 38.7 Å². The van der Waals surface area contributed by atoms with Gasteiger partial charge in [-0.1, -0.05) is 25.5 Å². The predicted molar refractivity (Wildman–Crippen MR) is 110 cm³/mol. The van der Waals surface area contributed by atoms with Gasteiger partial charge in [0, 0.05) is 4.47 Å². The first-order valence-electron chi connectivity index (χ1n) is 8.67. The lowest BCUT2D eigenvalue weighted by Crippen LogP contribution is -2.24. The number of para-hydroxylation sites is 1. The molecule has 0 spiro atoms. The molecular formula is C20H22BrN3O3. The van der Waals surface area contributed by atoms with Crippen LogP contribution in [-0.2, 0) is 9.59 Å². The predicted octanol–water partition coefficient (Wildman–Crippen LogP) is 4.11. The Balaban J connectivity index is 1.76. The van der Waals surface area contributed by atoms with Crippen molar-refractivity contribution in [2.75, 3.05) is 11.9 Å². The largest absolute Gasteiger partial charge is 0.494 e. The van der Waals surface area contributed by atoms with E-state index >= 15 is 0 Å². The molecule has 2 N–H and O–H groups in total. The van der Waals surface area contributed by atoms with Crippen molar-refractivity contribution >= 4 is 39.6 Å². The normalized spacial score (nSPS) is 10.6. The average molecular weight is 432 g/mol. The van der Waals surface area contributed by atoms with E-state index in [1.807, 2.05) is 30.3 Å². The summed E-state index contributed by atoms with van der Waals surface area (Å²) in [6, 6.07) is 14.6. The zero-order chi connectivity index (χ0) is 19.5. The van der Waals surface area contributed by atoms with E-state index in [0.29, 0.717) is 12.3 Å². The number of halogens is 1. The molecule has 0 radical (unpaired) electrons. The quantitative estimate of drug-likeness (QED) is 0.271. The molecule has 142 valence electrons. The molecule has 0 saturated heterocycles. The fraction of sp³-hybridized carbons (Fsp3) is 0.250. The van der Waals surface area contributed by atoms with Gasteiger partial charge in [0.25, 0.3) is 0 Å². The summed E-state index contributed by atoms with van der Waals surface area (Å²) < 4.78 is 6.33. The van der Waals surface area contributed by atoms with Crippen molar-refractivity contribution in [2.45, 2.75) is 26.2 Å². The first kappa shape index (κ1) is 20.6. The molecule has 27 heavy (non-hydrogen) atoms. The molecule has 6 nitrogen and oxygen atoms in total. The van der Waals surface area contributed by atoms with Crippen molar-refractivity contribution in [3.8, 4) is 5.75 Å². The minimum atomic E-state index is -0.490. The Morgan fingerprint density at radius 1 is 1.11 bits per heavy atom. The third-order valence-electron chi connectivity index (χ3n) is 3.52. The van der Waals surface area contributed by atoms with Gasteiger partial charge in [0.15, 0.2) is 0 Å². The number of unbranched alkanes of at least 4 members (excludes halogenated alkanes) is 1. The minimum Gasteiger partial charge on any atom is -0.494 e. The van der Waals surface area contributed by atoms with Crippen LogP contribution in [0.3, 0.4) is 0 Å². The van der Waals surface area contributed by atoms with E-state index < -0.39 is 11.8 Å². The molecule has 2 rings (SSSR count). The number of hydrogen-bond acceptors (Lipinski definition) is 4. The average Bonchev–Trinajstić information content (AvgIpc) is 2.65. The lowest BCUT2D eigenvalue weighted by atomic mass is 10.2. The SMILES string of the molecule is CCCCOc1ccc(C=NNC(=O)CC(=O)Nc2ccccc2Br)cc1. The molecular weight excluding hydrogens is 410 g/mol. The maximum absolute atomic E-state index is 11.9. The van der Waals surface area contributed by atoms with Crippen molar-refractivity contribution < 1.29 is 14.3 Å². The van der Waals surface area contributed by atoms with Crippen LogP contribution in [-0.4, -0.2) is 24.6 Å². The zero-order valence-electron chi connectivity index (χ0n) is 15.1. The summed E-state index contributed by atoms with van der Waals surface area (Å²) >= 11 is 3.33. The smallest absolute Gasteiger partial charge is 0.249 e. The van der Waals surface area contributed by atoms with Crippen molar-refractivity contribution in [1.29, 1.82) is 0 Å². The number of hydrazone groups is 1. The van der Waals surface area contributed by atoms with Gasteiger partial charge in [-0.2, -0.15) is 5.10 Å². The second-order valence-electron chi connectivity index (χ2n) is 5.77. The Morgan fingerprint density at radius 3 is 2.56 bits per heavy atom. The van der Waals surface area contributed by atoms with Gasteiger partial charge in [-0.15, -0.1) is 0 Å². The lowest BCUT2D eigenvalue weighted by Gasteiger charge is -2.06. The maximum atomic E-state index is 11.9. The number of benzene rings is 2. The Morgan fingerprint density at radius 2 is 1.85 bits per heavy atom. The second kappa shape index (κ2) is 11.1. The molecule has 0 bridgehead atoms. The molecule has 0 heterocycles. The van der Waals surface area contributed by atoms with E-state index in [0.717, 1.165) is 28.6 Å². The standard InChI is InChI=1S/C20H22BrN3O3/c1-2-3-12-27-16-10-8-15(9-11-16)14-22-24-20(26)13-19(25)23-18-7-5-4-6-17(18)21/h4-11,14H,2-3,12-13H2,1H3,(H,23,25)(H,24,26). The number of nitrogens with one attached hydrogen (secondary N) is 2. The summed E-state index contributed by atoms with van der Waals surface area (Å²) in [6.07, 6.45) is 3.30. The first-order chi connectivity index (χ1) is 13.1. The molecule has 0 aliphatic rings. The van der Waals surface area contributed by atoms with Gasteiger partial charge < -0.3 is 10.1 Å². The van der Waals surface area contributed by atoms with E-state index in [4.69, 9.17) is 4.74 Å². The highest BCUT2D eigenvalue weighted by Crippen LogP contribution is 2.21. The highest BCUT2D eigenvalue weighted by Gasteiger charge is 2.10. The molecule has 0 atom stereocenters. The molecule has 2 aromatic carbocycles. The van der Waals surface area contributed by atoms with Crippen LogP contribution < -0.4 is 15.5 Å². The number of ether oxygens (including phenoxy) is 1. The number of carbonyl (C=O) groups excluding carboxylic acids is 2. The number of rotatable bonds is 9. The van der Waals surface area contributed by atoms with Crippen LogP contribution in [0.4, 0.5) is 5.69 Å². The number of nitrogens with zero attached hydrogens (tertiary/aromatic N) is 1. The Labute approximate surface area is 167 Å². The molecule has 0 unspecified atom stereocenters. The van der Waals surface area contributed by atoms with Crippen LogP contribution >= 0.6 is 15.9 Å². The van der Waals surface area contributed by atoms with Crippen LogP contribution in [0.15, 0.2) is 58.1 Å². The van der Waals surface area contributed by atoms with Gasteiger partial charge in [0.05, 0.1) is 18.5 Å². The van der Waals surface area contributed by atoms with Gasteiger partial charge >= 0.3 is 0 Å². The molecule has 0 aromatic heterocycles. The number of anilines is 1. The molecule has 2 amide bonds. The third-order valence-corrected chi connectivity index (χ3v) is 4.21. The van der Waals surface area contributed by atoms with E-state index in [-0.39, 0.29) is 6.42 Å². The number of hydrogen-bond donors (Lipinski definition) is 2. The zero-order valence-corrected chi connectivity index (χ0v) is 16.7. The molecule has 0 aliphatic carbocycles. The van der Waals surface area contributed by atoms with E-state index in [9.17, 15) is 9.59 Å². The summed E-state index contributed by atoms with van der Waals surface area (Å²) in [5, 5.41) is 6.53. The Kier molecular flexibility index (Phi) is 8.51. The van der Waals surface area contributed by atoms with Gasteiger partial charge in [-0.3, -0.25) is 9.59 Å². The van der Waals surface area contributed by atoms with Crippen LogP contribution in [0.25, 0.3) is 0 Å². The molecule has 0 aliphatic heterocycles. The summed E-state index contributed by atoms with van der Waals surface area (Å²) in [5.41, 5.74) is 3.77. The van der Waals surface area contributed by atoms with Crippen molar-refractivity contribution in [3.05, 3.63) is 58.6 Å². The minimum absolute atomic E-state index is 0.317. The molecule has 0 saturated carbocycles. The number of carbonyl (C=O) groups is 2. The highest BCUT2D eigenvalue weighted by molar-refractivity contribution is 9.10. The third kappa shape index (κ3) is 7.62. The summed E-state index contributed by atoms with van der Waals surface area (Å²) in [7, 11) is 0. The lowest BCUT2D eigenvalue weighted by molar-refractivity contribution is -0.126. The van der Waals surface area contributed by atoms with Crippen molar-refractivity contribution in [1.82, 2.24) is 5.43 Å². The van der Waals surface area contributed by atoms with Gasteiger partial charge in [0.1, 0.15) is 12.2 Å². The van der Waals surface area contributed by atoms with E-state index in [1.54, 1.807) is 18.2 Å². The maximum Gasteiger partial charge on any atom is 0.249 e. The Hall–Kier alpha value is -2.67.